The minimum absolute atomic E-state index is 0.00152. The summed E-state index contributed by atoms with van der Waals surface area (Å²) in [7, 11) is 3.29. The van der Waals surface area contributed by atoms with Crippen LogP contribution in [0.1, 0.15) is 22.5 Å². The molecule has 2 heterocycles. The third-order valence-electron chi connectivity index (χ3n) is 4.09. The summed E-state index contributed by atoms with van der Waals surface area (Å²) in [5.41, 5.74) is 0.715. The zero-order valence-electron chi connectivity index (χ0n) is 16.3. The summed E-state index contributed by atoms with van der Waals surface area (Å²) in [5, 5.41) is 3.37. The fourth-order valence-electron chi connectivity index (χ4n) is 2.43. The predicted molar refractivity (Wildman–Crippen MR) is 107 cm³/mol. The molecule has 0 unspecified atom stereocenters. The van der Waals surface area contributed by atoms with Crippen LogP contribution in [0.15, 0.2) is 18.3 Å². The number of nitrogens with one attached hydrogen (secondary N) is 1. The van der Waals surface area contributed by atoms with Gasteiger partial charge >= 0.3 is 0 Å². The quantitative estimate of drug-likeness (QED) is 0.592. The number of hydrogen-bond acceptors (Lipinski definition) is 7. The zero-order valence-corrected chi connectivity index (χ0v) is 17.1. The summed E-state index contributed by atoms with van der Waals surface area (Å²) in [4.78, 5) is 34.9. The lowest BCUT2D eigenvalue weighted by Crippen LogP contribution is -2.21. The van der Waals surface area contributed by atoms with E-state index in [4.69, 9.17) is 9.47 Å². The summed E-state index contributed by atoms with van der Waals surface area (Å²) in [6.07, 6.45) is 3.39. The number of nitrogens with zero attached hydrogens (tertiary/aromatic N) is 3. The van der Waals surface area contributed by atoms with Crippen LogP contribution in [0.25, 0.3) is 10.6 Å². The first-order valence-corrected chi connectivity index (χ1v) is 10.1. The van der Waals surface area contributed by atoms with Gasteiger partial charge in [-0.05, 0) is 25.0 Å². The Labute approximate surface area is 172 Å². The van der Waals surface area contributed by atoms with E-state index in [-0.39, 0.29) is 43.4 Å². The van der Waals surface area contributed by atoms with E-state index in [2.05, 4.69) is 15.3 Å². The molecule has 2 amide bonds. The summed E-state index contributed by atoms with van der Waals surface area (Å²) >= 11 is 1.19. The van der Waals surface area contributed by atoms with Crippen molar-refractivity contribution < 1.29 is 23.5 Å². The van der Waals surface area contributed by atoms with Crippen LogP contribution >= 0.6 is 11.3 Å². The average molecular weight is 422 g/mol. The largest absolute Gasteiger partial charge is 0.474 e. The molecular weight excluding hydrogens is 399 g/mol. The van der Waals surface area contributed by atoms with Gasteiger partial charge in [-0.3, -0.25) is 9.59 Å². The van der Waals surface area contributed by atoms with Crippen LogP contribution in [-0.2, 0) is 9.53 Å². The average Bonchev–Trinajstić information content (AvgIpc) is 3.48. The van der Waals surface area contributed by atoms with Gasteiger partial charge in [0.25, 0.3) is 5.91 Å². The molecule has 1 aliphatic carbocycles. The van der Waals surface area contributed by atoms with Crippen molar-refractivity contribution in [3.63, 3.8) is 0 Å². The number of carbonyl (C=O) groups excluding carboxylic acids is 2. The number of carbonyl (C=O) groups is 2. The van der Waals surface area contributed by atoms with Crippen molar-refractivity contribution in [2.75, 3.05) is 45.9 Å². The van der Waals surface area contributed by atoms with Crippen LogP contribution in [0.5, 0.6) is 5.88 Å². The van der Waals surface area contributed by atoms with E-state index in [1.54, 1.807) is 32.4 Å². The summed E-state index contributed by atoms with van der Waals surface area (Å²) in [6.45, 7) is -0.219. The topological polar surface area (TPSA) is 93.7 Å². The number of ether oxygens (including phenoxy) is 2. The monoisotopic (exact) mass is 422 g/mol. The van der Waals surface area contributed by atoms with E-state index >= 15 is 0 Å². The molecule has 0 radical (unpaired) electrons. The molecule has 0 spiro atoms. The lowest BCUT2D eigenvalue weighted by Gasteiger charge is -2.10. The van der Waals surface area contributed by atoms with Crippen LogP contribution in [0.4, 0.5) is 10.2 Å². The Morgan fingerprint density at radius 3 is 2.79 bits per heavy atom. The molecule has 29 heavy (non-hydrogen) atoms. The van der Waals surface area contributed by atoms with Gasteiger partial charge in [0.15, 0.2) is 4.88 Å². The van der Waals surface area contributed by atoms with Gasteiger partial charge in [-0.2, -0.15) is 0 Å². The zero-order chi connectivity index (χ0) is 20.8. The Kier molecular flexibility index (Phi) is 7.10. The van der Waals surface area contributed by atoms with Crippen molar-refractivity contribution in [1.82, 2.24) is 14.9 Å². The van der Waals surface area contributed by atoms with Crippen molar-refractivity contribution in [3.05, 3.63) is 23.2 Å². The highest BCUT2D eigenvalue weighted by atomic mass is 32.1. The summed E-state index contributed by atoms with van der Waals surface area (Å²) in [6, 6.07) is 3.47. The Hall–Kier alpha value is -2.59. The SMILES string of the molecule is CN(C)C(=O)c1sc(-c2ccnc(NC(=O)C3CC3)c2)nc1OCCOCCF. The van der Waals surface area contributed by atoms with Crippen LogP contribution in [0, 0.1) is 5.92 Å². The molecule has 2 aromatic rings. The maximum Gasteiger partial charge on any atom is 0.269 e. The highest BCUT2D eigenvalue weighted by Crippen LogP contribution is 2.34. The number of alkyl halides is 1. The van der Waals surface area contributed by atoms with Crippen molar-refractivity contribution in [3.8, 4) is 16.5 Å². The molecule has 1 saturated carbocycles. The number of hydrogen-bond donors (Lipinski definition) is 1. The Balaban J connectivity index is 1.78. The molecule has 1 aliphatic rings. The molecule has 0 atom stereocenters. The molecule has 0 aliphatic heterocycles. The van der Waals surface area contributed by atoms with Gasteiger partial charge in [0, 0.05) is 31.8 Å². The van der Waals surface area contributed by atoms with E-state index in [9.17, 15) is 14.0 Å². The van der Waals surface area contributed by atoms with E-state index < -0.39 is 6.67 Å². The number of halogens is 1. The van der Waals surface area contributed by atoms with E-state index in [1.807, 2.05) is 0 Å². The Bertz CT molecular complexity index is 870. The first-order valence-electron chi connectivity index (χ1n) is 9.26. The molecule has 1 N–H and O–H groups in total. The second-order valence-electron chi connectivity index (χ2n) is 6.70. The second kappa shape index (κ2) is 9.75. The number of rotatable bonds is 10. The maximum atomic E-state index is 12.5. The molecule has 156 valence electrons. The number of amides is 2. The highest BCUT2D eigenvalue weighted by Gasteiger charge is 2.30. The second-order valence-corrected chi connectivity index (χ2v) is 7.70. The Morgan fingerprint density at radius 2 is 2.10 bits per heavy atom. The molecule has 0 bridgehead atoms. The lowest BCUT2D eigenvalue weighted by atomic mass is 10.2. The van der Waals surface area contributed by atoms with Gasteiger partial charge < -0.3 is 19.7 Å². The third-order valence-corrected chi connectivity index (χ3v) is 5.16. The smallest absolute Gasteiger partial charge is 0.269 e. The van der Waals surface area contributed by atoms with Crippen LogP contribution in [-0.4, -0.2) is 67.3 Å². The van der Waals surface area contributed by atoms with E-state index in [0.717, 1.165) is 12.8 Å². The number of aromatic nitrogens is 2. The Morgan fingerprint density at radius 1 is 1.31 bits per heavy atom. The van der Waals surface area contributed by atoms with Crippen LogP contribution < -0.4 is 10.1 Å². The molecule has 2 aromatic heterocycles. The minimum Gasteiger partial charge on any atom is -0.474 e. The van der Waals surface area contributed by atoms with Crippen molar-refractivity contribution in [2.45, 2.75) is 12.8 Å². The number of thiazole rings is 1. The standard InChI is InChI=1S/C19H23FN4O4S/c1-24(2)19(26)15-17(28-10-9-27-8-6-20)23-18(29-15)13-5-7-21-14(11-13)22-16(25)12-3-4-12/h5,7,11-12H,3-4,6,8-10H2,1-2H3,(H,21,22,25). The first-order chi connectivity index (χ1) is 14.0. The fourth-order valence-corrected chi connectivity index (χ4v) is 3.45. The molecule has 10 heteroatoms. The minimum atomic E-state index is -0.563. The van der Waals surface area contributed by atoms with Gasteiger partial charge in [-0.25, -0.2) is 14.4 Å². The van der Waals surface area contributed by atoms with Gasteiger partial charge in [0.1, 0.15) is 24.1 Å². The molecule has 3 rings (SSSR count). The van der Waals surface area contributed by atoms with Crippen molar-refractivity contribution >= 4 is 29.0 Å². The van der Waals surface area contributed by atoms with Crippen LogP contribution in [0.2, 0.25) is 0 Å². The van der Waals surface area contributed by atoms with Crippen LogP contribution in [0.3, 0.4) is 0 Å². The summed E-state index contributed by atoms with van der Waals surface area (Å²) < 4.78 is 22.8. The van der Waals surface area contributed by atoms with Crippen molar-refractivity contribution in [1.29, 1.82) is 0 Å². The lowest BCUT2D eigenvalue weighted by molar-refractivity contribution is -0.117. The van der Waals surface area contributed by atoms with E-state index in [1.165, 1.54) is 16.2 Å². The predicted octanol–water partition coefficient (Wildman–Crippen LogP) is 2.62. The van der Waals surface area contributed by atoms with E-state index in [0.29, 0.717) is 21.3 Å². The normalized spacial score (nSPS) is 13.2. The molecule has 0 saturated heterocycles. The van der Waals surface area contributed by atoms with Gasteiger partial charge in [-0.15, -0.1) is 11.3 Å². The number of anilines is 1. The van der Waals surface area contributed by atoms with Crippen molar-refractivity contribution in [2.24, 2.45) is 5.92 Å². The molecule has 1 fully saturated rings. The summed E-state index contributed by atoms with van der Waals surface area (Å²) in [5.74, 6) is 0.452. The number of pyridine rings is 1. The molecular formula is C19H23FN4O4S. The molecule has 0 aromatic carbocycles. The molecule has 8 nitrogen and oxygen atoms in total. The first kappa shape index (κ1) is 21.1. The maximum absolute atomic E-state index is 12.5. The van der Waals surface area contributed by atoms with Gasteiger partial charge in [0.2, 0.25) is 11.8 Å². The highest BCUT2D eigenvalue weighted by molar-refractivity contribution is 7.17. The van der Waals surface area contributed by atoms with Gasteiger partial charge in [-0.1, -0.05) is 0 Å². The third kappa shape index (κ3) is 5.70. The fraction of sp³-hybridized carbons (Fsp3) is 0.474. The van der Waals surface area contributed by atoms with Gasteiger partial charge in [0.05, 0.1) is 13.2 Å².